The molecule has 0 radical (unpaired) electrons. The summed E-state index contributed by atoms with van der Waals surface area (Å²) in [6.07, 6.45) is -1.34. The van der Waals surface area contributed by atoms with Gasteiger partial charge in [-0.15, -0.1) is 0 Å². The number of fused-ring (bicyclic) bond motifs is 3. The summed E-state index contributed by atoms with van der Waals surface area (Å²) in [6.45, 7) is 20.7. The van der Waals surface area contributed by atoms with Gasteiger partial charge >= 0.3 is 0 Å². The minimum atomic E-state index is -2.36. The summed E-state index contributed by atoms with van der Waals surface area (Å²) in [4.78, 5) is 29.2. The van der Waals surface area contributed by atoms with E-state index >= 15 is 4.79 Å². The first-order valence-corrected chi connectivity index (χ1v) is 17.8. The van der Waals surface area contributed by atoms with E-state index in [4.69, 9.17) is 13.9 Å². The van der Waals surface area contributed by atoms with E-state index in [1.165, 1.54) is 0 Å². The lowest BCUT2D eigenvalue weighted by atomic mass is 9.57. The summed E-state index contributed by atoms with van der Waals surface area (Å²) < 4.78 is 18.8. The van der Waals surface area contributed by atoms with Crippen LogP contribution in [-0.4, -0.2) is 61.1 Å². The molecule has 3 saturated carbocycles. The Labute approximate surface area is 246 Å². The minimum Gasteiger partial charge on any atom is -0.497 e. The van der Waals surface area contributed by atoms with Crippen molar-refractivity contribution < 1.29 is 33.7 Å². The number of hydrogen-bond acceptors (Lipinski definition) is 7. The maximum absolute atomic E-state index is 15.1. The fraction of sp³-hybridized carbons (Fsp3) is 0.697. The zero-order valence-electron chi connectivity index (χ0n) is 26.4. The Kier molecular flexibility index (Phi) is 8.37. The third-order valence-corrected chi connectivity index (χ3v) is 15.8. The van der Waals surface area contributed by atoms with E-state index in [1.54, 1.807) is 7.11 Å². The van der Waals surface area contributed by atoms with Crippen LogP contribution in [0.2, 0.25) is 18.1 Å². The molecule has 0 aromatic heterocycles. The van der Waals surface area contributed by atoms with Crippen LogP contribution in [0.3, 0.4) is 0 Å². The second-order valence-electron chi connectivity index (χ2n) is 14.8. The van der Waals surface area contributed by atoms with E-state index in [2.05, 4.69) is 40.4 Å². The average molecular weight is 587 g/mol. The normalized spacial score (nSPS) is 35.9. The second kappa shape index (κ2) is 10.7. The SMILES string of the molecule is C=C1CC[C@H](O[Si](C)(C)C(C)(C)C)[C@@]2(C)C(=O)[C@H](OCc3ccc(OC)cc3)[C@H]3CC[C@@](O)(C(=O)[C@@H](O)[C@H]12)C3(C)C. The van der Waals surface area contributed by atoms with Crippen molar-refractivity contribution in [1.82, 2.24) is 0 Å². The molecule has 1 aromatic carbocycles. The number of hydrogen-bond donors (Lipinski definition) is 2. The molecule has 0 heterocycles. The van der Waals surface area contributed by atoms with E-state index in [-0.39, 0.29) is 23.8 Å². The van der Waals surface area contributed by atoms with Gasteiger partial charge in [0, 0.05) is 17.3 Å². The zero-order valence-corrected chi connectivity index (χ0v) is 27.4. The molecule has 2 bridgehead atoms. The van der Waals surface area contributed by atoms with Gasteiger partial charge in [0.15, 0.2) is 19.9 Å². The topological polar surface area (TPSA) is 102 Å². The van der Waals surface area contributed by atoms with Crippen LogP contribution < -0.4 is 4.74 Å². The predicted octanol–water partition coefficient (Wildman–Crippen LogP) is 5.62. The number of carbonyl (C=O) groups excluding carboxylic acids is 2. The van der Waals surface area contributed by atoms with E-state index in [9.17, 15) is 15.0 Å². The van der Waals surface area contributed by atoms with E-state index in [0.29, 0.717) is 24.8 Å². The summed E-state index contributed by atoms with van der Waals surface area (Å²) >= 11 is 0. The third kappa shape index (κ3) is 5.07. The largest absolute Gasteiger partial charge is 0.497 e. The highest BCUT2D eigenvalue weighted by Crippen LogP contribution is 2.59. The van der Waals surface area contributed by atoms with Gasteiger partial charge in [-0.3, -0.25) is 9.59 Å². The van der Waals surface area contributed by atoms with Gasteiger partial charge in [-0.05, 0) is 68.4 Å². The Hall–Kier alpha value is -1.84. The molecule has 8 heteroatoms. The van der Waals surface area contributed by atoms with Gasteiger partial charge < -0.3 is 24.1 Å². The van der Waals surface area contributed by atoms with Crippen LogP contribution >= 0.6 is 0 Å². The van der Waals surface area contributed by atoms with Gasteiger partial charge in [0.2, 0.25) is 0 Å². The van der Waals surface area contributed by atoms with Crippen LogP contribution in [0.4, 0.5) is 0 Å². The van der Waals surface area contributed by atoms with Crippen molar-refractivity contribution >= 4 is 19.9 Å². The molecule has 228 valence electrons. The summed E-state index contributed by atoms with van der Waals surface area (Å²) in [7, 11) is -0.751. The first-order valence-electron chi connectivity index (χ1n) is 14.9. The highest BCUT2D eigenvalue weighted by atomic mass is 28.4. The van der Waals surface area contributed by atoms with E-state index in [1.807, 2.05) is 45.0 Å². The van der Waals surface area contributed by atoms with Crippen LogP contribution in [-0.2, 0) is 25.4 Å². The van der Waals surface area contributed by atoms with Crippen molar-refractivity contribution in [3.63, 3.8) is 0 Å². The molecule has 0 aliphatic heterocycles. The van der Waals surface area contributed by atoms with Gasteiger partial charge in [-0.1, -0.05) is 58.9 Å². The van der Waals surface area contributed by atoms with Crippen LogP contribution in [0.5, 0.6) is 5.75 Å². The Morgan fingerprint density at radius 1 is 1.05 bits per heavy atom. The molecule has 2 N–H and O–H groups in total. The zero-order chi connectivity index (χ0) is 30.8. The number of aliphatic hydroxyl groups excluding tert-OH is 1. The van der Waals surface area contributed by atoms with Crippen molar-refractivity contribution in [1.29, 1.82) is 0 Å². The van der Waals surface area contributed by atoms with Crippen LogP contribution in [0, 0.1) is 22.7 Å². The monoisotopic (exact) mass is 586 g/mol. The van der Waals surface area contributed by atoms with Crippen LogP contribution in [0.15, 0.2) is 36.4 Å². The molecular formula is C33H50O7Si. The first kappa shape index (κ1) is 32.1. The van der Waals surface area contributed by atoms with Gasteiger partial charge in [0.25, 0.3) is 0 Å². The standard InChI is InChI=1S/C33H50O7Si/c1-20-11-16-24(40-41(9,10)30(2,3)4)32(7)25(20)26(34)28(35)33(37)18-17-23(31(33,5)6)27(29(32)36)39-19-21-12-14-22(38-8)15-13-21/h12-15,23-27,34,37H,1,11,16-19H2,2-10H3/t23-,24+,25+,26+,27-,32-,33-/m1/s1. The fourth-order valence-corrected chi connectivity index (χ4v) is 8.71. The molecule has 0 amide bonds. The molecule has 1 aromatic rings. The molecule has 3 aliphatic carbocycles. The maximum atomic E-state index is 15.1. The van der Waals surface area contributed by atoms with Gasteiger partial charge in [-0.2, -0.15) is 0 Å². The van der Waals surface area contributed by atoms with Crippen molar-refractivity contribution in [2.24, 2.45) is 22.7 Å². The molecule has 3 fully saturated rings. The van der Waals surface area contributed by atoms with Crippen LogP contribution in [0.25, 0.3) is 0 Å². The molecule has 3 aliphatic rings. The highest BCUT2D eigenvalue weighted by Gasteiger charge is 2.68. The van der Waals surface area contributed by atoms with Crippen molar-refractivity contribution in [2.45, 2.75) is 116 Å². The molecular weight excluding hydrogens is 536 g/mol. The smallest absolute Gasteiger partial charge is 0.193 e. The van der Waals surface area contributed by atoms with Crippen molar-refractivity contribution in [2.75, 3.05) is 7.11 Å². The number of ketones is 2. The maximum Gasteiger partial charge on any atom is 0.193 e. The van der Waals surface area contributed by atoms with Crippen LogP contribution in [0.1, 0.15) is 72.8 Å². The first-order chi connectivity index (χ1) is 18.8. The van der Waals surface area contributed by atoms with Gasteiger partial charge in [-0.25, -0.2) is 0 Å². The van der Waals surface area contributed by atoms with Crippen molar-refractivity contribution in [3.8, 4) is 5.75 Å². The number of carbonyl (C=O) groups is 2. The lowest BCUT2D eigenvalue weighted by Gasteiger charge is -2.53. The predicted molar refractivity (Wildman–Crippen MR) is 161 cm³/mol. The lowest BCUT2D eigenvalue weighted by Crippen LogP contribution is -2.62. The minimum absolute atomic E-state index is 0.107. The average Bonchev–Trinajstić information content (AvgIpc) is 3.14. The molecule has 0 saturated heterocycles. The summed E-state index contributed by atoms with van der Waals surface area (Å²) in [5.41, 5.74) is -2.56. The summed E-state index contributed by atoms with van der Waals surface area (Å²) in [5.74, 6) is -1.41. The Bertz CT molecular complexity index is 1180. The van der Waals surface area contributed by atoms with Gasteiger partial charge in [0.05, 0.1) is 25.2 Å². The lowest BCUT2D eigenvalue weighted by molar-refractivity contribution is -0.164. The molecule has 41 heavy (non-hydrogen) atoms. The fourth-order valence-electron chi connectivity index (χ4n) is 7.28. The summed E-state index contributed by atoms with van der Waals surface area (Å²) in [6, 6.07) is 7.50. The number of methoxy groups -OCH3 is 1. The number of aliphatic hydroxyl groups is 2. The Morgan fingerprint density at radius 3 is 2.22 bits per heavy atom. The third-order valence-electron chi connectivity index (χ3n) is 11.3. The Morgan fingerprint density at radius 2 is 1.66 bits per heavy atom. The van der Waals surface area contributed by atoms with E-state index < -0.39 is 60.7 Å². The molecule has 7 nitrogen and oxygen atoms in total. The number of rotatable bonds is 6. The summed E-state index contributed by atoms with van der Waals surface area (Å²) in [5, 5.41) is 23.6. The quantitative estimate of drug-likeness (QED) is 0.329. The van der Waals surface area contributed by atoms with Gasteiger partial charge in [0.1, 0.15) is 23.6 Å². The molecule has 7 atom stereocenters. The van der Waals surface area contributed by atoms with E-state index in [0.717, 1.165) is 11.3 Å². The number of ether oxygens (including phenoxy) is 2. The number of Topliss-reactive ketones (excluding diaryl/α,β-unsaturated/α-hetero) is 2. The number of benzene rings is 1. The molecule has 0 unspecified atom stereocenters. The highest BCUT2D eigenvalue weighted by molar-refractivity contribution is 6.74. The molecule has 0 spiro atoms. The van der Waals surface area contributed by atoms with Crippen molar-refractivity contribution in [3.05, 3.63) is 42.0 Å². The second-order valence-corrected chi connectivity index (χ2v) is 19.6. The molecule has 4 rings (SSSR count). The Balaban J connectivity index is 1.85.